The van der Waals surface area contributed by atoms with Gasteiger partial charge in [-0.25, -0.2) is 0 Å². The van der Waals surface area contributed by atoms with Gasteiger partial charge in [-0.1, -0.05) is 11.6 Å². The Morgan fingerprint density at radius 3 is 2.94 bits per heavy atom. The first-order valence-electron chi connectivity index (χ1n) is 5.22. The highest BCUT2D eigenvalue weighted by Gasteiger charge is 2.16. The summed E-state index contributed by atoms with van der Waals surface area (Å²) in [5, 5.41) is 10.0. The highest BCUT2D eigenvalue weighted by Crippen LogP contribution is 2.32. The Morgan fingerprint density at radius 1 is 1.47 bits per heavy atom. The van der Waals surface area contributed by atoms with Gasteiger partial charge in [0.2, 0.25) is 0 Å². The summed E-state index contributed by atoms with van der Waals surface area (Å²) < 4.78 is 5.26. The Hall–Kier alpha value is -1.52. The maximum absolute atomic E-state index is 10.5. The number of aliphatic carboxylic acids is 1. The molecule has 5 heteroatoms. The van der Waals surface area contributed by atoms with Gasteiger partial charge in [0.1, 0.15) is 5.58 Å². The first-order valence-corrected chi connectivity index (χ1v) is 5.60. The quantitative estimate of drug-likeness (QED) is 0.878. The van der Waals surface area contributed by atoms with E-state index in [9.17, 15) is 4.79 Å². The number of hydrogen-bond acceptors (Lipinski definition) is 3. The van der Waals surface area contributed by atoms with Crippen LogP contribution in [0.5, 0.6) is 0 Å². The van der Waals surface area contributed by atoms with Crippen LogP contribution in [0.15, 0.2) is 28.9 Å². The molecule has 0 saturated heterocycles. The van der Waals surface area contributed by atoms with Gasteiger partial charge in [0.25, 0.3) is 0 Å². The van der Waals surface area contributed by atoms with Gasteiger partial charge in [0, 0.05) is 22.9 Å². The van der Waals surface area contributed by atoms with E-state index in [1.807, 2.05) is 0 Å². The Labute approximate surface area is 103 Å². The summed E-state index contributed by atoms with van der Waals surface area (Å²) in [6.45, 7) is 0. The molecule has 0 saturated carbocycles. The fraction of sp³-hybridized carbons (Fsp3) is 0.250. The number of carboxylic acids is 1. The molecule has 0 spiro atoms. The van der Waals surface area contributed by atoms with Crippen molar-refractivity contribution >= 4 is 28.5 Å². The molecule has 0 aliphatic carbocycles. The van der Waals surface area contributed by atoms with E-state index in [2.05, 4.69) is 0 Å². The number of benzene rings is 1. The minimum atomic E-state index is -0.865. The van der Waals surface area contributed by atoms with E-state index in [1.54, 1.807) is 24.5 Å². The number of carbonyl (C=O) groups is 1. The monoisotopic (exact) mass is 253 g/mol. The number of carboxylic acid groups (broad SMARTS) is 1. The number of hydrogen-bond donors (Lipinski definition) is 2. The Bertz CT molecular complexity index is 550. The minimum absolute atomic E-state index is 0.0196. The van der Waals surface area contributed by atoms with Crippen LogP contribution in [0.1, 0.15) is 24.4 Å². The predicted octanol–water partition coefficient (Wildman–Crippen LogP) is 2.95. The maximum atomic E-state index is 10.5. The van der Waals surface area contributed by atoms with E-state index in [0.717, 1.165) is 10.9 Å². The average molecular weight is 254 g/mol. The van der Waals surface area contributed by atoms with Crippen LogP contribution in [0.25, 0.3) is 11.0 Å². The molecule has 1 heterocycles. The van der Waals surface area contributed by atoms with Crippen molar-refractivity contribution < 1.29 is 14.3 Å². The molecule has 2 rings (SSSR count). The lowest BCUT2D eigenvalue weighted by molar-refractivity contribution is -0.137. The SMILES string of the molecule is NC(CCC(=O)O)c1c(Cl)ccc2occc12. The highest BCUT2D eigenvalue weighted by molar-refractivity contribution is 6.32. The second kappa shape index (κ2) is 4.77. The molecule has 1 atom stereocenters. The third kappa shape index (κ3) is 2.43. The Kier molecular flexibility index (Phi) is 3.36. The molecule has 4 nitrogen and oxygen atoms in total. The smallest absolute Gasteiger partial charge is 0.303 e. The van der Waals surface area contributed by atoms with Crippen LogP contribution in [-0.2, 0) is 4.79 Å². The van der Waals surface area contributed by atoms with Crippen LogP contribution < -0.4 is 5.73 Å². The Morgan fingerprint density at radius 2 is 2.24 bits per heavy atom. The van der Waals surface area contributed by atoms with Crippen molar-refractivity contribution in [2.45, 2.75) is 18.9 Å². The first-order chi connectivity index (χ1) is 8.09. The number of fused-ring (bicyclic) bond motifs is 1. The fourth-order valence-electron chi connectivity index (χ4n) is 1.84. The predicted molar refractivity (Wildman–Crippen MR) is 65.0 cm³/mol. The standard InChI is InChI=1S/C12H12ClNO3/c13-8-1-3-10-7(5-6-17-10)12(8)9(14)2-4-11(15)16/h1,3,5-6,9H,2,4,14H2,(H,15,16). The molecule has 0 aliphatic heterocycles. The molecular formula is C12H12ClNO3. The summed E-state index contributed by atoms with van der Waals surface area (Å²) >= 11 is 6.10. The van der Waals surface area contributed by atoms with E-state index in [0.29, 0.717) is 17.0 Å². The summed E-state index contributed by atoms with van der Waals surface area (Å²) in [6, 6.07) is 4.87. The molecule has 0 bridgehead atoms. The third-order valence-corrected chi connectivity index (χ3v) is 2.99. The first kappa shape index (κ1) is 12.0. The molecule has 3 N–H and O–H groups in total. The third-order valence-electron chi connectivity index (χ3n) is 2.66. The fourth-order valence-corrected chi connectivity index (χ4v) is 2.14. The van der Waals surface area contributed by atoms with Crippen molar-refractivity contribution in [3.8, 4) is 0 Å². The molecule has 1 unspecified atom stereocenters. The van der Waals surface area contributed by atoms with Gasteiger partial charge < -0.3 is 15.3 Å². The van der Waals surface area contributed by atoms with E-state index in [4.69, 9.17) is 26.9 Å². The van der Waals surface area contributed by atoms with E-state index < -0.39 is 12.0 Å². The molecule has 1 aromatic heterocycles. The van der Waals surface area contributed by atoms with E-state index in [-0.39, 0.29) is 6.42 Å². The van der Waals surface area contributed by atoms with Crippen molar-refractivity contribution in [1.29, 1.82) is 0 Å². The van der Waals surface area contributed by atoms with E-state index in [1.165, 1.54) is 0 Å². The zero-order valence-corrected chi connectivity index (χ0v) is 9.78. The summed E-state index contributed by atoms with van der Waals surface area (Å²) in [5.41, 5.74) is 7.43. The lowest BCUT2D eigenvalue weighted by Crippen LogP contribution is -2.13. The molecular weight excluding hydrogens is 242 g/mol. The second-order valence-corrected chi connectivity index (χ2v) is 4.24. The molecule has 0 amide bonds. The van der Waals surface area contributed by atoms with Crippen molar-refractivity contribution in [3.63, 3.8) is 0 Å². The molecule has 90 valence electrons. The van der Waals surface area contributed by atoms with Gasteiger partial charge in [-0.3, -0.25) is 4.79 Å². The Balaban J connectivity index is 2.35. The van der Waals surface area contributed by atoms with Gasteiger partial charge >= 0.3 is 5.97 Å². The van der Waals surface area contributed by atoms with Crippen molar-refractivity contribution in [3.05, 3.63) is 35.0 Å². The molecule has 2 aromatic rings. The maximum Gasteiger partial charge on any atom is 0.303 e. The van der Waals surface area contributed by atoms with Gasteiger partial charge in [-0.15, -0.1) is 0 Å². The van der Waals surface area contributed by atoms with Crippen LogP contribution in [-0.4, -0.2) is 11.1 Å². The topological polar surface area (TPSA) is 76.5 Å². The molecule has 0 radical (unpaired) electrons. The number of nitrogens with two attached hydrogens (primary N) is 1. The molecule has 1 aromatic carbocycles. The van der Waals surface area contributed by atoms with Crippen molar-refractivity contribution in [1.82, 2.24) is 0 Å². The van der Waals surface area contributed by atoms with Crippen molar-refractivity contribution in [2.75, 3.05) is 0 Å². The number of rotatable bonds is 4. The number of furan rings is 1. The summed E-state index contributed by atoms with van der Waals surface area (Å²) in [5.74, 6) is -0.865. The second-order valence-electron chi connectivity index (χ2n) is 3.83. The zero-order valence-electron chi connectivity index (χ0n) is 9.02. The van der Waals surface area contributed by atoms with Crippen LogP contribution >= 0.6 is 11.6 Å². The molecule has 17 heavy (non-hydrogen) atoms. The van der Waals surface area contributed by atoms with Crippen molar-refractivity contribution in [2.24, 2.45) is 5.73 Å². The normalized spacial score (nSPS) is 12.8. The highest BCUT2D eigenvalue weighted by atomic mass is 35.5. The minimum Gasteiger partial charge on any atom is -0.481 e. The van der Waals surface area contributed by atoms with Crippen LogP contribution in [0.2, 0.25) is 5.02 Å². The van der Waals surface area contributed by atoms with Gasteiger partial charge in [0.15, 0.2) is 0 Å². The van der Waals surface area contributed by atoms with Crippen LogP contribution in [0.3, 0.4) is 0 Å². The largest absolute Gasteiger partial charge is 0.481 e. The van der Waals surface area contributed by atoms with Crippen LogP contribution in [0.4, 0.5) is 0 Å². The van der Waals surface area contributed by atoms with E-state index >= 15 is 0 Å². The van der Waals surface area contributed by atoms with Crippen LogP contribution in [0, 0.1) is 0 Å². The summed E-state index contributed by atoms with van der Waals surface area (Å²) in [6.07, 6.45) is 1.93. The lowest BCUT2D eigenvalue weighted by Gasteiger charge is -2.13. The van der Waals surface area contributed by atoms with Gasteiger partial charge in [0.05, 0.1) is 6.26 Å². The molecule has 0 fully saturated rings. The number of halogens is 1. The summed E-state index contributed by atoms with van der Waals surface area (Å²) in [4.78, 5) is 10.5. The summed E-state index contributed by atoms with van der Waals surface area (Å²) in [7, 11) is 0. The molecule has 0 aliphatic rings. The lowest BCUT2D eigenvalue weighted by atomic mass is 9.99. The zero-order chi connectivity index (χ0) is 12.4. The van der Waals surface area contributed by atoms with Gasteiger partial charge in [-0.2, -0.15) is 0 Å². The average Bonchev–Trinajstić information content (AvgIpc) is 2.73. The van der Waals surface area contributed by atoms with Gasteiger partial charge in [-0.05, 0) is 30.2 Å².